The van der Waals surface area contributed by atoms with E-state index in [1.807, 2.05) is 4.90 Å². The summed E-state index contributed by atoms with van der Waals surface area (Å²) in [5, 5.41) is 0. The van der Waals surface area contributed by atoms with Gasteiger partial charge in [0.15, 0.2) is 5.58 Å². The van der Waals surface area contributed by atoms with Gasteiger partial charge in [-0.3, -0.25) is 9.36 Å². The second kappa shape index (κ2) is 9.40. The Hall–Kier alpha value is -3.11. The quantitative estimate of drug-likeness (QED) is 0.533. The van der Waals surface area contributed by atoms with Crippen molar-refractivity contribution in [2.24, 2.45) is 13.0 Å². The van der Waals surface area contributed by atoms with Crippen molar-refractivity contribution < 1.29 is 17.6 Å². The van der Waals surface area contributed by atoms with Crippen LogP contribution in [0, 0.1) is 12.8 Å². The molecule has 0 radical (unpaired) electrons. The fourth-order valence-electron chi connectivity index (χ4n) is 5.37. The smallest absolute Gasteiger partial charge is 0.408 e. The molecule has 9 nitrogen and oxygen atoms in total. The Labute approximate surface area is 210 Å². The molecule has 3 heterocycles. The molecule has 1 amide bonds. The van der Waals surface area contributed by atoms with Crippen LogP contribution in [0.2, 0.25) is 0 Å². The molecule has 0 unspecified atom stereocenters. The molecular formula is C26H32N4O5S. The Morgan fingerprint density at radius 1 is 1.03 bits per heavy atom. The first kappa shape index (κ1) is 24.6. The number of sulfonamides is 1. The van der Waals surface area contributed by atoms with Gasteiger partial charge in [-0.15, -0.1) is 0 Å². The molecule has 0 bridgehead atoms. The summed E-state index contributed by atoms with van der Waals surface area (Å²) in [6.07, 6.45) is 0.987. The predicted molar refractivity (Wildman–Crippen MR) is 138 cm³/mol. The number of piperazine rings is 1. The summed E-state index contributed by atoms with van der Waals surface area (Å²) < 4.78 is 34.4. The highest BCUT2D eigenvalue weighted by molar-refractivity contribution is 7.89. The number of fused-ring (bicyclic) bond motifs is 1. The highest BCUT2D eigenvalue weighted by Gasteiger charge is 2.36. The Balaban J connectivity index is 1.21. The van der Waals surface area contributed by atoms with Crippen molar-refractivity contribution in [3.63, 3.8) is 0 Å². The van der Waals surface area contributed by atoms with Crippen LogP contribution >= 0.6 is 0 Å². The Bertz CT molecular complexity index is 1450. The van der Waals surface area contributed by atoms with Crippen LogP contribution in [-0.2, 0) is 21.9 Å². The van der Waals surface area contributed by atoms with E-state index in [0.717, 1.165) is 6.54 Å². The fourth-order valence-corrected chi connectivity index (χ4v) is 6.86. The van der Waals surface area contributed by atoms with E-state index < -0.39 is 15.8 Å². The Morgan fingerprint density at radius 2 is 1.78 bits per heavy atom. The third kappa shape index (κ3) is 4.43. The zero-order chi connectivity index (χ0) is 25.6. The molecule has 2 saturated heterocycles. The number of anilines is 1. The first-order chi connectivity index (χ1) is 17.1. The van der Waals surface area contributed by atoms with Crippen molar-refractivity contribution in [2.45, 2.75) is 37.6 Å². The number of rotatable bonds is 4. The summed E-state index contributed by atoms with van der Waals surface area (Å²) in [6, 6.07) is 13.1. The van der Waals surface area contributed by atoms with Crippen LogP contribution in [0.25, 0.3) is 11.1 Å². The number of carbonyl (C=O) groups excluding carboxylic acids is 1. The van der Waals surface area contributed by atoms with Gasteiger partial charge in [0, 0.05) is 63.5 Å². The van der Waals surface area contributed by atoms with Crippen molar-refractivity contribution in [1.82, 2.24) is 13.8 Å². The van der Waals surface area contributed by atoms with Crippen LogP contribution in [0.1, 0.15) is 25.3 Å². The third-order valence-electron chi connectivity index (χ3n) is 7.48. The van der Waals surface area contributed by atoms with Crippen LogP contribution in [0.4, 0.5) is 5.69 Å². The van der Waals surface area contributed by atoms with Gasteiger partial charge in [0.05, 0.1) is 10.4 Å². The van der Waals surface area contributed by atoms with Gasteiger partial charge in [-0.1, -0.05) is 12.1 Å². The minimum atomic E-state index is -3.75. The standard InChI is InChI=1S/C26H32N4O5S/c1-18-5-4-6-21(15-18)30-14-13-28(17-19(30)2)25(31)20-9-11-29(12-10-20)36(33,34)22-7-8-23-24(16-22)35-26(32)27(23)3/h4-8,15-16,19-20H,9-14,17H2,1-3H3/t19-/m0/s1. The lowest BCUT2D eigenvalue weighted by Gasteiger charge is -2.43. The van der Waals surface area contributed by atoms with E-state index in [1.54, 1.807) is 13.1 Å². The SMILES string of the molecule is Cc1cccc(N2CCN(C(=O)C3CCN(S(=O)(=O)c4ccc5c(c4)oc(=O)n5C)CC3)C[C@@H]2C)c1. The van der Waals surface area contributed by atoms with Gasteiger partial charge >= 0.3 is 5.76 Å². The molecular weight excluding hydrogens is 480 g/mol. The molecule has 3 aromatic rings. The minimum absolute atomic E-state index is 0.0928. The molecule has 0 N–H and O–H groups in total. The van der Waals surface area contributed by atoms with Crippen LogP contribution < -0.4 is 10.7 Å². The number of benzene rings is 2. The molecule has 0 saturated carbocycles. The molecule has 2 fully saturated rings. The minimum Gasteiger partial charge on any atom is -0.408 e. The number of oxazole rings is 1. The largest absolute Gasteiger partial charge is 0.419 e. The summed E-state index contributed by atoms with van der Waals surface area (Å²) in [5.74, 6) is -0.591. The summed E-state index contributed by atoms with van der Waals surface area (Å²) in [7, 11) is -2.17. The number of carbonyl (C=O) groups is 1. The molecule has 1 aromatic heterocycles. The molecule has 2 aliphatic heterocycles. The van der Waals surface area contributed by atoms with Crippen molar-refractivity contribution in [1.29, 1.82) is 0 Å². The highest BCUT2D eigenvalue weighted by Crippen LogP contribution is 2.28. The first-order valence-corrected chi connectivity index (χ1v) is 13.8. The zero-order valence-corrected chi connectivity index (χ0v) is 21.7. The Kier molecular flexibility index (Phi) is 6.42. The lowest BCUT2D eigenvalue weighted by atomic mass is 9.95. The molecule has 2 aromatic carbocycles. The fraction of sp³-hybridized carbons (Fsp3) is 0.462. The van der Waals surface area contributed by atoms with Crippen molar-refractivity contribution >= 4 is 32.7 Å². The van der Waals surface area contributed by atoms with Gasteiger partial charge in [0.25, 0.3) is 0 Å². The van der Waals surface area contributed by atoms with Gasteiger partial charge in [-0.05, 0) is 56.5 Å². The van der Waals surface area contributed by atoms with Gasteiger partial charge in [-0.2, -0.15) is 4.31 Å². The van der Waals surface area contributed by atoms with Gasteiger partial charge in [-0.25, -0.2) is 13.2 Å². The van der Waals surface area contributed by atoms with Crippen molar-refractivity contribution in [3.05, 3.63) is 58.6 Å². The van der Waals surface area contributed by atoms with Crippen LogP contribution in [0.15, 0.2) is 56.6 Å². The molecule has 36 heavy (non-hydrogen) atoms. The van der Waals surface area contributed by atoms with Crippen molar-refractivity contribution in [2.75, 3.05) is 37.6 Å². The lowest BCUT2D eigenvalue weighted by Crippen LogP contribution is -2.55. The number of hydrogen-bond donors (Lipinski definition) is 0. The number of hydrogen-bond acceptors (Lipinski definition) is 6. The number of piperidine rings is 1. The van der Waals surface area contributed by atoms with E-state index in [4.69, 9.17) is 4.42 Å². The van der Waals surface area contributed by atoms with E-state index in [0.29, 0.717) is 31.4 Å². The van der Waals surface area contributed by atoms with E-state index in [2.05, 4.69) is 43.0 Å². The summed E-state index contributed by atoms with van der Waals surface area (Å²) in [4.78, 5) is 29.4. The van der Waals surface area contributed by atoms with E-state index in [9.17, 15) is 18.0 Å². The monoisotopic (exact) mass is 512 g/mol. The predicted octanol–water partition coefficient (Wildman–Crippen LogP) is 2.58. The molecule has 2 aliphatic rings. The van der Waals surface area contributed by atoms with Crippen LogP contribution in [-0.4, -0.2) is 66.9 Å². The maximum absolute atomic E-state index is 13.3. The third-order valence-corrected chi connectivity index (χ3v) is 9.37. The highest BCUT2D eigenvalue weighted by atomic mass is 32.2. The van der Waals surface area contributed by atoms with Gasteiger partial charge in [0.2, 0.25) is 15.9 Å². The molecule has 5 rings (SSSR count). The molecule has 192 valence electrons. The van der Waals surface area contributed by atoms with Crippen molar-refractivity contribution in [3.8, 4) is 0 Å². The maximum atomic E-state index is 13.3. The number of nitrogens with zero attached hydrogens (tertiary/aromatic N) is 4. The van der Waals surface area contributed by atoms with E-state index in [-0.39, 0.29) is 41.4 Å². The molecule has 0 spiro atoms. The summed E-state index contributed by atoms with van der Waals surface area (Å²) in [5.41, 5.74) is 3.18. The van der Waals surface area contributed by atoms with Crippen LogP contribution in [0.5, 0.6) is 0 Å². The molecule has 1 atom stereocenters. The first-order valence-electron chi connectivity index (χ1n) is 12.4. The Morgan fingerprint density at radius 3 is 2.47 bits per heavy atom. The summed E-state index contributed by atoms with van der Waals surface area (Å²) in [6.45, 7) is 6.90. The normalized spacial score (nSPS) is 20.2. The second-order valence-electron chi connectivity index (χ2n) is 9.90. The summed E-state index contributed by atoms with van der Waals surface area (Å²) >= 11 is 0. The molecule has 10 heteroatoms. The zero-order valence-electron chi connectivity index (χ0n) is 20.9. The second-order valence-corrected chi connectivity index (χ2v) is 11.8. The van der Waals surface area contributed by atoms with E-state index >= 15 is 0 Å². The number of aryl methyl sites for hydroxylation is 2. The lowest BCUT2D eigenvalue weighted by molar-refractivity contribution is -0.137. The van der Waals surface area contributed by atoms with E-state index in [1.165, 1.54) is 32.3 Å². The van der Waals surface area contributed by atoms with Gasteiger partial charge < -0.3 is 14.2 Å². The maximum Gasteiger partial charge on any atom is 0.419 e. The topological polar surface area (TPSA) is 96.1 Å². The number of amides is 1. The molecule has 0 aliphatic carbocycles. The van der Waals surface area contributed by atoms with Crippen LogP contribution in [0.3, 0.4) is 0 Å². The number of aromatic nitrogens is 1. The average molecular weight is 513 g/mol. The average Bonchev–Trinajstić information content (AvgIpc) is 3.16. The van der Waals surface area contributed by atoms with Gasteiger partial charge in [0.1, 0.15) is 0 Å².